The first-order chi connectivity index (χ1) is 13.8. The summed E-state index contributed by atoms with van der Waals surface area (Å²) in [5, 5.41) is 2.89. The highest BCUT2D eigenvalue weighted by molar-refractivity contribution is 6.02. The zero-order valence-electron chi connectivity index (χ0n) is 15.2. The first-order valence-electron chi connectivity index (χ1n) is 9.30. The lowest BCUT2D eigenvalue weighted by Crippen LogP contribution is -2.07. The van der Waals surface area contributed by atoms with Crippen LogP contribution in [0.25, 0.3) is 17.3 Å². The lowest BCUT2D eigenvalue weighted by atomic mass is 10.1. The molecule has 2 aliphatic heterocycles. The van der Waals surface area contributed by atoms with Gasteiger partial charge in [0.2, 0.25) is 12.7 Å². The first-order valence-corrected chi connectivity index (χ1v) is 9.30. The molecule has 2 aliphatic rings. The molecule has 0 spiro atoms. The molecule has 140 valence electrons. The molecule has 0 fully saturated rings. The molecule has 3 heterocycles. The highest BCUT2D eigenvalue weighted by Crippen LogP contribution is 2.32. The number of hydrogen-bond donors (Lipinski definition) is 1. The van der Waals surface area contributed by atoms with E-state index in [-0.39, 0.29) is 12.7 Å². The van der Waals surface area contributed by atoms with Gasteiger partial charge in [0.05, 0.1) is 11.9 Å². The fraction of sp³-hybridized carbons (Fsp3) is 0.182. The predicted octanol–water partition coefficient (Wildman–Crippen LogP) is 3.88. The number of ether oxygens (including phenoxy) is 2. The molecule has 1 aromatic heterocycles. The summed E-state index contributed by atoms with van der Waals surface area (Å²) in [6.07, 6.45) is 7.39. The molecule has 0 atom stereocenters. The summed E-state index contributed by atoms with van der Waals surface area (Å²) < 4.78 is 12.9. The van der Waals surface area contributed by atoms with Gasteiger partial charge in [-0.15, -0.1) is 0 Å². The maximum atomic E-state index is 12.2. The van der Waals surface area contributed by atoms with Crippen LogP contribution in [0.5, 0.6) is 11.5 Å². The number of imidazole rings is 1. The van der Waals surface area contributed by atoms with Crippen molar-refractivity contribution in [1.82, 2.24) is 9.55 Å². The highest BCUT2D eigenvalue weighted by atomic mass is 16.7. The SMILES string of the molecule is O=C(/C=C/c1ccc2c(c1)OCO2)Nc1ccc(-c2cnc3n2CCC3)cc1. The minimum absolute atomic E-state index is 0.185. The zero-order valence-corrected chi connectivity index (χ0v) is 15.2. The molecule has 5 rings (SSSR count). The topological polar surface area (TPSA) is 65.4 Å². The molecule has 28 heavy (non-hydrogen) atoms. The van der Waals surface area contributed by atoms with Gasteiger partial charge in [0.25, 0.3) is 0 Å². The average Bonchev–Trinajstić information content (AvgIpc) is 3.43. The Bertz CT molecular complexity index is 1070. The van der Waals surface area contributed by atoms with E-state index >= 15 is 0 Å². The second kappa shape index (κ2) is 6.88. The number of carbonyl (C=O) groups is 1. The van der Waals surface area contributed by atoms with Crippen LogP contribution in [-0.2, 0) is 17.8 Å². The number of aromatic nitrogens is 2. The van der Waals surface area contributed by atoms with Gasteiger partial charge in [-0.3, -0.25) is 4.79 Å². The second-order valence-electron chi connectivity index (χ2n) is 6.83. The fourth-order valence-electron chi connectivity index (χ4n) is 3.59. The minimum Gasteiger partial charge on any atom is -0.454 e. The molecule has 2 aromatic carbocycles. The number of rotatable bonds is 4. The Morgan fingerprint density at radius 1 is 1.11 bits per heavy atom. The number of hydrogen-bond acceptors (Lipinski definition) is 4. The van der Waals surface area contributed by atoms with Gasteiger partial charge in [0.1, 0.15) is 5.82 Å². The smallest absolute Gasteiger partial charge is 0.248 e. The fourth-order valence-corrected chi connectivity index (χ4v) is 3.59. The first kappa shape index (κ1) is 16.6. The van der Waals surface area contributed by atoms with Crippen molar-refractivity contribution in [2.45, 2.75) is 19.4 Å². The van der Waals surface area contributed by atoms with Gasteiger partial charge in [-0.25, -0.2) is 4.98 Å². The Morgan fingerprint density at radius 3 is 2.86 bits per heavy atom. The van der Waals surface area contributed by atoms with Crippen LogP contribution in [-0.4, -0.2) is 22.3 Å². The molecule has 6 heteroatoms. The van der Waals surface area contributed by atoms with Crippen LogP contribution in [0, 0.1) is 0 Å². The van der Waals surface area contributed by atoms with Crippen LogP contribution in [0.3, 0.4) is 0 Å². The van der Waals surface area contributed by atoms with Crippen molar-refractivity contribution >= 4 is 17.7 Å². The Balaban J connectivity index is 1.25. The van der Waals surface area contributed by atoms with E-state index in [1.54, 1.807) is 6.08 Å². The summed E-state index contributed by atoms with van der Waals surface area (Å²) in [4.78, 5) is 16.7. The summed E-state index contributed by atoms with van der Waals surface area (Å²) >= 11 is 0. The van der Waals surface area contributed by atoms with Gasteiger partial charge in [-0.05, 0) is 47.9 Å². The van der Waals surface area contributed by atoms with E-state index in [1.165, 1.54) is 6.08 Å². The van der Waals surface area contributed by atoms with Crippen molar-refractivity contribution < 1.29 is 14.3 Å². The number of fused-ring (bicyclic) bond motifs is 2. The zero-order chi connectivity index (χ0) is 18.9. The van der Waals surface area contributed by atoms with Gasteiger partial charge in [-0.1, -0.05) is 18.2 Å². The van der Waals surface area contributed by atoms with Crippen molar-refractivity contribution in [3.05, 3.63) is 66.1 Å². The van der Waals surface area contributed by atoms with E-state index in [0.717, 1.165) is 53.5 Å². The largest absolute Gasteiger partial charge is 0.454 e. The summed E-state index contributed by atoms with van der Waals surface area (Å²) in [5.41, 5.74) is 3.87. The van der Waals surface area contributed by atoms with E-state index in [1.807, 2.05) is 48.7 Å². The molecule has 0 saturated heterocycles. The molecule has 3 aromatic rings. The monoisotopic (exact) mass is 373 g/mol. The number of nitrogens with one attached hydrogen (secondary N) is 1. The molecule has 6 nitrogen and oxygen atoms in total. The molecule has 0 saturated carbocycles. The van der Waals surface area contributed by atoms with E-state index in [0.29, 0.717) is 5.75 Å². The molecule has 0 unspecified atom stereocenters. The van der Waals surface area contributed by atoms with Gasteiger partial charge < -0.3 is 19.4 Å². The van der Waals surface area contributed by atoms with E-state index in [9.17, 15) is 4.79 Å². The standard InChI is InChI=1S/C22H19N3O3/c26-22(10-4-15-3-9-19-20(12-15)28-14-27-19)24-17-7-5-16(6-8-17)18-13-23-21-2-1-11-25(18)21/h3-10,12-13H,1-2,11,14H2,(H,24,26)/b10-4+. The van der Waals surface area contributed by atoms with E-state index < -0.39 is 0 Å². The number of anilines is 1. The molecule has 0 radical (unpaired) electrons. The van der Waals surface area contributed by atoms with Gasteiger partial charge in [0, 0.05) is 24.7 Å². The molecular weight excluding hydrogens is 354 g/mol. The Labute approximate surface area is 162 Å². The molecule has 1 N–H and O–H groups in total. The molecule has 1 amide bonds. The van der Waals surface area contributed by atoms with Crippen LogP contribution in [0.4, 0.5) is 5.69 Å². The van der Waals surface area contributed by atoms with Gasteiger partial charge in [0.15, 0.2) is 11.5 Å². The van der Waals surface area contributed by atoms with Gasteiger partial charge >= 0.3 is 0 Å². The maximum Gasteiger partial charge on any atom is 0.248 e. The van der Waals surface area contributed by atoms with Crippen LogP contribution in [0.2, 0.25) is 0 Å². The summed E-state index contributed by atoms with van der Waals surface area (Å²) in [5.74, 6) is 2.40. The van der Waals surface area contributed by atoms with E-state index in [2.05, 4.69) is 14.9 Å². The minimum atomic E-state index is -0.185. The van der Waals surface area contributed by atoms with E-state index in [4.69, 9.17) is 9.47 Å². The summed E-state index contributed by atoms with van der Waals surface area (Å²) in [6.45, 7) is 1.26. The Hall–Kier alpha value is -3.54. The predicted molar refractivity (Wildman–Crippen MR) is 106 cm³/mol. The third-order valence-corrected chi connectivity index (χ3v) is 4.99. The quantitative estimate of drug-likeness (QED) is 0.705. The number of amides is 1. The molecule has 0 aliphatic carbocycles. The molecule has 0 bridgehead atoms. The number of aryl methyl sites for hydroxylation is 1. The van der Waals surface area contributed by atoms with Crippen molar-refractivity contribution in [2.24, 2.45) is 0 Å². The van der Waals surface area contributed by atoms with Crippen LogP contribution >= 0.6 is 0 Å². The number of carbonyl (C=O) groups excluding carboxylic acids is 1. The molecular formula is C22H19N3O3. The third kappa shape index (κ3) is 3.13. The summed E-state index contributed by atoms with van der Waals surface area (Å²) in [7, 11) is 0. The van der Waals surface area contributed by atoms with Crippen molar-refractivity contribution in [3.8, 4) is 22.8 Å². The van der Waals surface area contributed by atoms with Crippen LogP contribution in [0.1, 0.15) is 17.8 Å². The van der Waals surface area contributed by atoms with Crippen molar-refractivity contribution in [3.63, 3.8) is 0 Å². The number of nitrogens with zero attached hydrogens (tertiary/aromatic N) is 2. The third-order valence-electron chi connectivity index (χ3n) is 4.99. The average molecular weight is 373 g/mol. The highest BCUT2D eigenvalue weighted by Gasteiger charge is 2.16. The van der Waals surface area contributed by atoms with Gasteiger partial charge in [-0.2, -0.15) is 0 Å². The van der Waals surface area contributed by atoms with Crippen molar-refractivity contribution in [2.75, 3.05) is 12.1 Å². The van der Waals surface area contributed by atoms with Crippen LogP contribution < -0.4 is 14.8 Å². The maximum absolute atomic E-state index is 12.2. The normalized spacial score (nSPS) is 14.4. The summed E-state index contributed by atoms with van der Waals surface area (Å²) in [6, 6.07) is 13.4. The number of benzene rings is 2. The lowest BCUT2D eigenvalue weighted by Gasteiger charge is -2.07. The Morgan fingerprint density at radius 2 is 1.96 bits per heavy atom. The van der Waals surface area contributed by atoms with Crippen molar-refractivity contribution in [1.29, 1.82) is 0 Å². The second-order valence-corrected chi connectivity index (χ2v) is 6.83. The lowest BCUT2D eigenvalue weighted by molar-refractivity contribution is -0.111. The van der Waals surface area contributed by atoms with Crippen LogP contribution in [0.15, 0.2) is 54.7 Å². The Kier molecular flexibility index (Phi) is 4.09.